The number of rotatable bonds is 6. The Morgan fingerprint density at radius 1 is 1.42 bits per heavy atom. The quantitative estimate of drug-likeness (QED) is 0.607. The number of fused-ring (bicyclic) bond motifs is 1. The van der Waals surface area contributed by atoms with E-state index in [1.54, 1.807) is 24.3 Å². The molecule has 3 atom stereocenters. The Kier molecular flexibility index (Phi) is 5.65. The lowest BCUT2D eigenvalue weighted by molar-refractivity contribution is -0.0625. The normalized spacial score (nSPS) is 22.9. The van der Waals surface area contributed by atoms with Gasteiger partial charge in [-0.1, -0.05) is 19.9 Å². The summed E-state index contributed by atoms with van der Waals surface area (Å²) >= 11 is 0. The Morgan fingerprint density at radius 2 is 2.23 bits per heavy atom. The van der Waals surface area contributed by atoms with Crippen LogP contribution in [0.2, 0.25) is 0 Å². The second-order valence-corrected chi connectivity index (χ2v) is 6.80. The Balaban J connectivity index is 1.90. The van der Waals surface area contributed by atoms with Crippen LogP contribution in [0, 0.1) is 0 Å². The molecule has 0 aliphatic carbocycles. The highest BCUT2D eigenvalue weighted by molar-refractivity contribution is 6.03. The van der Waals surface area contributed by atoms with Gasteiger partial charge in [-0.2, -0.15) is 0 Å². The lowest BCUT2D eigenvalue weighted by atomic mass is 9.98. The summed E-state index contributed by atoms with van der Waals surface area (Å²) < 4.78 is 16.5. The molecule has 1 fully saturated rings. The van der Waals surface area contributed by atoms with Gasteiger partial charge in [0.2, 0.25) is 0 Å². The SMILES string of the molecule is CCC1CC(NC(O)(CC)c2cc3c(C(=O)OC)cccc3o2)CCO1. The number of benzene rings is 1. The predicted octanol–water partition coefficient (Wildman–Crippen LogP) is 3.32. The molecule has 1 aromatic heterocycles. The summed E-state index contributed by atoms with van der Waals surface area (Å²) in [5.41, 5.74) is -0.322. The molecule has 142 valence electrons. The Morgan fingerprint density at radius 3 is 2.92 bits per heavy atom. The maximum absolute atomic E-state index is 12.0. The Hall–Kier alpha value is -1.89. The topological polar surface area (TPSA) is 80.9 Å². The number of carbonyl (C=O) groups is 1. The number of methoxy groups -OCH3 is 1. The fraction of sp³-hybridized carbons (Fsp3) is 0.550. The average Bonchev–Trinajstić information content (AvgIpc) is 3.12. The number of hydrogen-bond donors (Lipinski definition) is 2. The van der Waals surface area contributed by atoms with Crippen molar-refractivity contribution in [3.8, 4) is 0 Å². The first-order valence-corrected chi connectivity index (χ1v) is 9.23. The van der Waals surface area contributed by atoms with Crippen molar-refractivity contribution < 1.29 is 23.8 Å². The lowest BCUT2D eigenvalue weighted by Gasteiger charge is -2.36. The minimum atomic E-state index is -1.30. The van der Waals surface area contributed by atoms with Crippen LogP contribution < -0.4 is 5.32 Å². The van der Waals surface area contributed by atoms with Crippen molar-refractivity contribution in [3.63, 3.8) is 0 Å². The predicted molar refractivity (Wildman–Crippen MR) is 97.9 cm³/mol. The molecule has 0 saturated carbocycles. The van der Waals surface area contributed by atoms with E-state index in [9.17, 15) is 9.90 Å². The first-order chi connectivity index (χ1) is 12.5. The summed E-state index contributed by atoms with van der Waals surface area (Å²) in [4.78, 5) is 12.0. The number of ether oxygens (including phenoxy) is 2. The second kappa shape index (κ2) is 7.78. The molecule has 0 bridgehead atoms. The van der Waals surface area contributed by atoms with Gasteiger partial charge in [0.1, 0.15) is 5.58 Å². The average molecular weight is 361 g/mol. The van der Waals surface area contributed by atoms with Gasteiger partial charge >= 0.3 is 5.97 Å². The van der Waals surface area contributed by atoms with Crippen LogP contribution in [0.3, 0.4) is 0 Å². The highest BCUT2D eigenvalue weighted by atomic mass is 16.5. The summed E-state index contributed by atoms with van der Waals surface area (Å²) in [7, 11) is 1.35. The van der Waals surface area contributed by atoms with Crippen molar-refractivity contribution in [2.75, 3.05) is 13.7 Å². The summed E-state index contributed by atoms with van der Waals surface area (Å²) in [5.74, 6) is -0.0166. The molecule has 1 aliphatic rings. The zero-order chi connectivity index (χ0) is 18.7. The smallest absolute Gasteiger partial charge is 0.338 e. The van der Waals surface area contributed by atoms with Crippen LogP contribution in [0.25, 0.3) is 11.0 Å². The van der Waals surface area contributed by atoms with Gasteiger partial charge in [-0.15, -0.1) is 0 Å². The molecule has 2 aromatic rings. The Bertz CT molecular complexity index is 771. The van der Waals surface area contributed by atoms with Gasteiger partial charge in [0.15, 0.2) is 11.5 Å². The van der Waals surface area contributed by atoms with Gasteiger partial charge in [0.05, 0.1) is 18.8 Å². The van der Waals surface area contributed by atoms with Crippen molar-refractivity contribution in [3.05, 3.63) is 35.6 Å². The number of nitrogens with one attached hydrogen (secondary N) is 1. The van der Waals surface area contributed by atoms with E-state index in [2.05, 4.69) is 12.2 Å². The molecule has 2 heterocycles. The summed E-state index contributed by atoms with van der Waals surface area (Å²) in [6, 6.07) is 7.09. The molecular formula is C20H27NO5. The molecule has 26 heavy (non-hydrogen) atoms. The zero-order valence-electron chi connectivity index (χ0n) is 15.6. The number of hydrogen-bond acceptors (Lipinski definition) is 6. The minimum Gasteiger partial charge on any atom is -0.465 e. The van der Waals surface area contributed by atoms with Crippen molar-refractivity contribution in [1.29, 1.82) is 0 Å². The first kappa shape index (κ1) is 18.9. The molecule has 1 saturated heterocycles. The van der Waals surface area contributed by atoms with Crippen molar-refractivity contribution in [2.24, 2.45) is 0 Å². The monoisotopic (exact) mass is 361 g/mol. The first-order valence-electron chi connectivity index (χ1n) is 9.23. The van der Waals surface area contributed by atoms with Crippen LogP contribution in [0.15, 0.2) is 28.7 Å². The fourth-order valence-electron chi connectivity index (χ4n) is 3.53. The van der Waals surface area contributed by atoms with Crippen LogP contribution in [-0.2, 0) is 15.2 Å². The molecule has 0 amide bonds. The maximum Gasteiger partial charge on any atom is 0.338 e. The summed E-state index contributed by atoms with van der Waals surface area (Å²) in [6.07, 6.45) is 3.30. The third-order valence-electron chi connectivity index (χ3n) is 5.15. The summed E-state index contributed by atoms with van der Waals surface area (Å²) in [5, 5.41) is 15.2. The number of esters is 1. The van der Waals surface area contributed by atoms with E-state index < -0.39 is 11.7 Å². The van der Waals surface area contributed by atoms with Gasteiger partial charge in [-0.25, -0.2) is 4.79 Å². The van der Waals surface area contributed by atoms with Crippen molar-refractivity contribution >= 4 is 16.9 Å². The van der Waals surface area contributed by atoms with E-state index in [4.69, 9.17) is 13.9 Å². The maximum atomic E-state index is 12.0. The molecule has 0 spiro atoms. The summed E-state index contributed by atoms with van der Waals surface area (Å²) in [6.45, 7) is 4.69. The van der Waals surface area contributed by atoms with Crippen molar-refractivity contribution in [1.82, 2.24) is 5.32 Å². The van der Waals surface area contributed by atoms with Gasteiger partial charge in [-0.05, 0) is 43.9 Å². The molecule has 6 nitrogen and oxygen atoms in total. The fourth-order valence-corrected chi connectivity index (χ4v) is 3.53. The van der Waals surface area contributed by atoms with Gasteiger partial charge < -0.3 is 19.0 Å². The minimum absolute atomic E-state index is 0.145. The molecule has 6 heteroatoms. The van der Waals surface area contributed by atoms with E-state index in [-0.39, 0.29) is 12.1 Å². The Labute approximate surface area is 153 Å². The van der Waals surface area contributed by atoms with Gasteiger partial charge in [0.25, 0.3) is 0 Å². The van der Waals surface area contributed by atoms with E-state index >= 15 is 0 Å². The van der Waals surface area contributed by atoms with E-state index in [1.807, 2.05) is 6.92 Å². The number of furan rings is 1. The zero-order valence-corrected chi connectivity index (χ0v) is 15.6. The molecule has 1 aromatic carbocycles. The number of carbonyl (C=O) groups excluding carboxylic acids is 1. The van der Waals surface area contributed by atoms with Crippen LogP contribution in [0.4, 0.5) is 0 Å². The number of aliphatic hydroxyl groups is 1. The van der Waals surface area contributed by atoms with E-state index in [0.29, 0.717) is 35.3 Å². The molecule has 2 N–H and O–H groups in total. The van der Waals surface area contributed by atoms with E-state index in [1.165, 1.54) is 7.11 Å². The van der Waals surface area contributed by atoms with Crippen LogP contribution in [-0.4, -0.2) is 36.9 Å². The third-order valence-corrected chi connectivity index (χ3v) is 5.15. The molecule has 3 unspecified atom stereocenters. The highest BCUT2D eigenvalue weighted by Gasteiger charge is 2.35. The molecule has 1 aliphatic heterocycles. The molecular weight excluding hydrogens is 334 g/mol. The van der Waals surface area contributed by atoms with Gasteiger partial charge in [-0.3, -0.25) is 5.32 Å². The molecule has 3 rings (SSSR count). The van der Waals surface area contributed by atoms with Crippen molar-refractivity contribution in [2.45, 2.75) is 57.4 Å². The third kappa shape index (κ3) is 3.63. The molecule has 0 radical (unpaired) electrons. The van der Waals surface area contributed by atoms with Crippen LogP contribution in [0.1, 0.15) is 55.6 Å². The lowest BCUT2D eigenvalue weighted by Crippen LogP contribution is -2.50. The standard InChI is InChI=1S/C20H27NO5/c1-4-14-11-13(9-10-25-14)21-20(23,5-2)18-12-16-15(19(22)24-3)7-6-8-17(16)26-18/h6-8,12-14,21,23H,4-5,9-11H2,1-3H3. The largest absolute Gasteiger partial charge is 0.465 e. The van der Waals surface area contributed by atoms with Gasteiger partial charge in [0, 0.05) is 18.0 Å². The van der Waals surface area contributed by atoms with Crippen LogP contribution >= 0.6 is 0 Å². The highest BCUT2D eigenvalue weighted by Crippen LogP contribution is 2.32. The van der Waals surface area contributed by atoms with E-state index in [0.717, 1.165) is 19.3 Å². The van der Waals surface area contributed by atoms with Crippen LogP contribution in [0.5, 0.6) is 0 Å². The second-order valence-electron chi connectivity index (χ2n) is 6.80.